The molecule has 0 spiro atoms. The smallest absolute Gasteiger partial charge is 0.291 e. The Morgan fingerprint density at radius 2 is 2.00 bits per heavy atom. The quantitative estimate of drug-likeness (QED) is 0.752. The van der Waals surface area contributed by atoms with Crippen molar-refractivity contribution in [2.24, 2.45) is 5.73 Å². The number of hydrogen-bond acceptors (Lipinski definition) is 4. The third kappa shape index (κ3) is 4.39. The van der Waals surface area contributed by atoms with Crippen LogP contribution in [0.2, 0.25) is 0 Å². The van der Waals surface area contributed by atoms with Crippen LogP contribution >= 0.6 is 0 Å². The summed E-state index contributed by atoms with van der Waals surface area (Å²) in [6.45, 7) is 0.0257. The van der Waals surface area contributed by atoms with Crippen LogP contribution in [0.1, 0.15) is 26.5 Å². The summed E-state index contributed by atoms with van der Waals surface area (Å²) in [5.41, 5.74) is 6.15. The number of nitrogens with two attached hydrogens (primary N) is 1. The third-order valence-electron chi connectivity index (χ3n) is 3.30. The average molecular weight is 337 g/mol. The maximum absolute atomic E-state index is 13.1. The molecule has 0 aliphatic rings. The van der Waals surface area contributed by atoms with Crippen LogP contribution in [0, 0.1) is 6.92 Å². The Labute approximate surface area is 137 Å². The summed E-state index contributed by atoms with van der Waals surface area (Å²) in [6, 6.07) is 7.56. The summed E-state index contributed by atoms with van der Waals surface area (Å²) < 4.78 is 31.2. The van der Waals surface area contributed by atoms with Crippen molar-refractivity contribution in [3.63, 3.8) is 0 Å². The predicted molar refractivity (Wildman–Crippen MR) is 84.2 cm³/mol. The number of amides is 2. The number of carbonyl (C=O) groups is 2. The minimum atomic E-state index is -3.17. The van der Waals surface area contributed by atoms with Crippen LogP contribution in [-0.4, -0.2) is 30.8 Å². The van der Waals surface area contributed by atoms with E-state index < -0.39 is 30.8 Å². The van der Waals surface area contributed by atoms with Crippen molar-refractivity contribution in [3.05, 3.63) is 53.5 Å². The molecule has 6 nitrogen and oxygen atoms in total. The van der Waals surface area contributed by atoms with Crippen molar-refractivity contribution in [1.82, 2.24) is 5.32 Å². The van der Waals surface area contributed by atoms with Gasteiger partial charge in [-0.1, -0.05) is 6.07 Å². The number of rotatable bonds is 6. The van der Waals surface area contributed by atoms with Crippen LogP contribution in [0.15, 0.2) is 41.0 Å². The van der Waals surface area contributed by atoms with Gasteiger partial charge in [-0.15, -0.1) is 0 Å². The van der Waals surface area contributed by atoms with E-state index in [9.17, 15) is 18.4 Å². The van der Waals surface area contributed by atoms with Crippen molar-refractivity contribution in [1.29, 1.82) is 0 Å². The van der Waals surface area contributed by atoms with Gasteiger partial charge in [0.15, 0.2) is 5.76 Å². The van der Waals surface area contributed by atoms with Gasteiger partial charge in [-0.25, -0.2) is 8.78 Å². The molecule has 0 saturated heterocycles. The van der Waals surface area contributed by atoms with Gasteiger partial charge in [-0.3, -0.25) is 9.59 Å². The van der Waals surface area contributed by atoms with Crippen LogP contribution in [0.3, 0.4) is 0 Å². The molecule has 4 N–H and O–H groups in total. The van der Waals surface area contributed by atoms with Crippen molar-refractivity contribution < 1.29 is 22.8 Å². The molecule has 0 bridgehead atoms. The van der Waals surface area contributed by atoms with E-state index in [1.807, 2.05) is 0 Å². The van der Waals surface area contributed by atoms with Crippen LogP contribution in [0.4, 0.5) is 14.5 Å². The number of alkyl halides is 2. The Kier molecular flexibility index (Phi) is 5.30. The molecule has 0 unspecified atom stereocenters. The number of aryl methyl sites for hydroxylation is 1. The number of anilines is 1. The minimum absolute atomic E-state index is 0.117. The van der Waals surface area contributed by atoms with E-state index in [2.05, 4.69) is 10.6 Å². The molecule has 24 heavy (non-hydrogen) atoms. The van der Waals surface area contributed by atoms with Crippen molar-refractivity contribution in [2.45, 2.75) is 12.8 Å². The van der Waals surface area contributed by atoms with Crippen LogP contribution in [0.25, 0.3) is 0 Å². The molecule has 8 heteroatoms. The van der Waals surface area contributed by atoms with Crippen LogP contribution < -0.4 is 16.4 Å². The molecule has 1 aromatic heterocycles. The average Bonchev–Trinajstić information content (AvgIpc) is 3.09. The van der Waals surface area contributed by atoms with Gasteiger partial charge in [0.05, 0.1) is 19.4 Å². The summed E-state index contributed by atoms with van der Waals surface area (Å²) in [6.07, 6.45) is 1.36. The Morgan fingerprint density at radius 3 is 2.62 bits per heavy atom. The van der Waals surface area contributed by atoms with Gasteiger partial charge in [-0.05, 0) is 36.8 Å². The summed E-state index contributed by atoms with van der Waals surface area (Å²) >= 11 is 0. The van der Waals surface area contributed by atoms with Gasteiger partial charge < -0.3 is 20.8 Å². The highest BCUT2D eigenvalue weighted by molar-refractivity contribution is 6.03. The number of benzene rings is 1. The highest BCUT2D eigenvalue weighted by Crippen LogP contribution is 2.18. The lowest BCUT2D eigenvalue weighted by molar-refractivity contribution is 0.0118. The minimum Gasteiger partial charge on any atom is -0.459 e. The lowest BCUT2D eigenvalue weighted by Crippen LogP contribution is -2.41. The highest BCUT2D eigenvalue weighted by Gasteiger charge is 2.27. The molecule has 0 atom stereocenters. The fourth-order valence-electron chi connectivity index (χ4n) is 1.87. The molecule has 0 aliphatic carbocycles. The lowest BCUT2D eigenvalue weighted by atomic mass is 10.1. The first-order valence-electron chi connectivity index (χ1n) is 7.14. The van der Waals surface area contributed by atoms with Gasteiger partial charge in [-0.2, -0.15) is 0 Å². The maximum Gasteiger partial charge on any atom is 0.291 e. The zero-order chi connectivity index (χ0) is 17.7. The SMILES string of the molecule is Cc1ccc(C(=O)NCC(F)(F)CN)cc1NC(=O)c1ccco1. The fourth-order valence-corrected chi connectivity index (χ4v) is 1.87. The summed E-state index contributed by atoms with van der Waals surface area (Å²) in [5, 5.41) is 4.73. The van der Waals surface area contributed by atoms with E-state index in [-0.39, 0.29) is 11.3 Å². The Bertz CT molecular complexity index is 730. The van der Waals surface area contributed by atoms with E-state index >= 15 is 0 Å². The first-order valence-corrected chi connectivity index (χ1v) is 7.14. The normalized spacial score (nSPS) is 11.2. The zero-order valence-corrected chi connectivity index (χ0v) is 12.9. The molecule has 0 aliphatic heterocycles. The van der Waals surface area contributed by atoms with E-state index in [0.29, 0.717) is 11.3 Å². The molecule has 2 amide bonds. The molecule has 2 aromatic rings. The molecule has 2 rings (SSSR count). The van der Waals surface area contributed by atoms with E-state index in [1.54, 1.807) is 19.1 Å². The standard InChI is InChI=1S/C16H17F2N3O3/c1-10-4-5-11(14(22)20-9-16(17,18)8-19)7-12(10)21-15(23)13-3-2-6-24-13/h2-7H,8-9,19H2,1H3,(H,20,22)(H,21,23). The van der Waals surface area contributed by atoms with Gasteiger partial charge in [0.2, 0.25) is 0 Å². The molecular weight excluding hydrogens is 320 g/mol. The second-order valence-corrected chi connectivity index (χ2v) is 5.20. The van der Waals surface area contributed by atoms with Crippen LogP contribution in [-0.2, 0) is 0 Å². The summed E-state index contributed by atoms with van der Waals surface area (Å²) in [4.78, 5) is 24.0. The molecule has 0 saturated carbocycles. The summed E-state index contributed by atoms with van der Waals surface area (Å²) in [7, 11) is 0. The van der Waals surface area contributed by atoms with Gasteiger partial charge in [0.1, 0.15) is 0 Å². The maximum atomic E-state index is 13.1. The zero-order valence-electron chi connectivity index (χ0n) is 12.9. The van der Waals surface area contributed by atoms with Crippen LogP contribution in [0.5, 0.6) is 0 Å². The van der Waals surface area contributed by atoms with Gasteiger partial charge in [0, 0.05) is 11.3 Å². The molecule has 0 radical (unpaired) electrons. The third-order valence-corrected chi connectivity index (χ3v) is 3.30. The predicted octanol–water partition coefficient (Wildman–Crippen LogP) is 2.16. The lowest BCUT2D eigenvalue weighted by Gasteiger charge is -2.15. The number of nitrogens with one attached hydrogen (secondary N) is 2. The Balaban J connectivity index is 2.10. The molecule has 0 fully saturated rings. The fraction of sp³-hybridized carbons (Fsp3) is 0.250. The monoisotopic (exact) mass is 337 g/mol. The number of hydrogen-bond donors (Lipinski definition) is 3. The van der Waals surface area contributed by atoms with Gasteiger partial charge >= 0.3 is 0 Å². The van der Waals surface area contributed by atoms with E-state index in [0.717, 1.165) is 0 Å². The molecular formula is C16H17F2N3O3. The van der Waals surface area contributed by atoms with Crippen molar-refractivity contribution in [3.8, 4) is 0 Å². The largest absolute Gasteiger partial charge is 0.459 e. The Morgan fingerprint density at radius 1 is 1.25 bits per heavy atom. The molecule has 1 heterocycles. The number of carbonyl (C=O) groups excluding carboxylic acids is 2. The van der Waals surface area contributed by atoms with E-state index in [1.165, 1.54) is 24.5 Å². The first kappa shape index (κ1) is 17.6. The molecule has 1 aromatic carbocycles. The summed E-state index contributed by atoms with van der Waals surface area (Å²) in [5.74, 6) is -4.21. The van der Waals surface area contributed by atoms with Crippen molar-refractivity contribution >= 4 is 17.5 Å². The topological polar surface area (TPSA) is 97.4 Å². The highest BCUT2D eigenvalue weighted by atomic mass is 19.3. The first-order chi connectivity index (χ1) is 11.3. The second-order valence-electron chi connectivity index (χ2n) is 5.20. The van der Waals surface area contributed by atoms with Crippen molar-refractivity contribution in [2.75, 3.05) is 18.4 Å². The Hall–Kier alpha value is -2.74. The molecule has 128 valence electrons. The number of halogens is 2. The second kappa shape index (κ2) is 7.22. The number of furan rings is 1. The van der Waals surface area contributed by atoms with Gasteiger partial charge in [0.25, 0.3) is 17.7 Å². The van der Waals surface area contributed by atoms with E-state index in [4.69, 9.17) is 10.2 Å².